The zero-order valence-electron chi connectivity index (χ0n) is 15.4. The highest BCUT2D eigenvalue weighted by Crippen LogP contribution is 2.13. The van der Waals surface area contributed by atoms with E-state index in [0.29, 0.717) is 6.61 Å². The summed E-state index contributed by atoms with van der Waals surface area (Å²) in [4.78, 5) is 0. The van der Waals surface area contributed by atoms with Crippen LogP contribution in [0.4, 0.5) is 0 Å². The summed E-state index contributed by atoms with van der Waals surface area (Å²) < 4.78 is 24.9. The zero-order valence-corrected chi connectivity index (χ0v) is 16.3. The van der Waals surface area contributed by atoms with Crippen LogP contribution in [0.3, 0.4) is 0 Å². The summed E-state index contributed by atoms with van der Waals surface area (Å²) in [7, 11) is -2.64. The van der Waals surface area contributed by atoms with E-state index in [1.54, 1.807) is 0 Å². The lowest BCUT2D eigenvalue weighted by molar-refractivity contribution is 0.319. The largest absolute Gasteiger partial charge is 0.344 e. The summed E-state index contributed by atoms with van der Waals surface area (Å²) in [6.45, 7) is 2.63. The summed E-state index contributed by atoms with van der Waals surface area (Å²) in [5, 5.41) is 0. The van der Waals surface area contributed by atoms with Crippen molar-refractivity contribution in [2.75, 3.05) is 6.61 Å². The van der Waals surface area contributed by atoms with Crippen LogP contribution in [0.5, 0.6) is 0 Å². The quantitative estimate of drug-likeness (QED) is 0.236. The molecule has 0 aliphatic rings. The molecule has 0 unspecified atom stereocenters. The third-order valence-corrected chi connectivity index (χ3v) is 4.59. The van der Waals surface area contributed by atoms with Gasteiger partial charge in [0.15, 0.2) is 0 Å². The highest BCUT2D eigenvalue weighted by molar-refractivity contribution is 7.67. The summed E-state index contributed by atoms with van der Waals surface area (Å²) in [5.74, 6) is 0. The maximum atomic E-state index is 10.2. The van der Waals surface area contributed by atoms with E-state index in [2.05, 4.69) is 11.1 Å². The monoisotopic (exact) mass is 351 g/mol. The molecule has 142 valence electrons. The van der Waals surface area contributed by atoms with Crippen LogP contribution in [0, 0.1) is 0 Å². The van der Waals surface area contributed by atoms with Gasteiger partial charge in [0.1, 0.15) is 0 Å². The maximum Gasteiger partial charge on any atom is 0.257 e. The van der Waals surface area contributed by atoms with E-state index in [4.69, 9.17) is 0 Å². The molecule has 0 spiro atoms. The van der Waals surface area contributed by atoms with Gasteiger partial charge in [0, 0.05) is 0 Å². The average molecular weight is 352 g/mol. The van der Waals surface area contributed by atoms with Gasteiger partial charge in [0.2, 0.25) is 0 Å². The normalized spacial score (nSPS) is 10.9. The number of thiol groups is 1. The average Bonchev–Trinajstić information content (AvgIpc) is 2.50. The molecule has 0 aromatic carbocycles. The van der Waals surface area contributed by atoms with E-state index in [0.717, 1.165) is 12.8 Å². The second kappa shape index (κ2) is 21.9. The van der Waals surface area contributed by atoms with Crippen LogP contribution in [0.15, 0.2) is 0 Å². The first-order valence-electron chi connectivity index (χ1n) is 9.54. The Balaban J connectivity index is 0. The Hall–Kier alpha value is -0.130. The third-order valence-electron chi connectivity index (χ3n) is 4.19. The smallest absolute Gasteiger partial charge is 0.257 e. The fourth-order valence-corrected chi connectivity index (χ4v) is 3.07. The summed E-state index contributed by atoms with van der Waals surface area (Å²) in [5.41, 5.74) is 0. The fraction of sp³-hybridized carbons (Fsp3) is 1.00. The molecule has 0 aliphatic heterocycles. The van der Waals surface area contributed by atoms with Crippen LogP contribution in [-0.4, -0.2) is 15.0 Å². The van der Waals surface area contributed by atoms with Gasteiger partial charge in [-0.05, 0) is 6.42 Å². The van der Waals surface area contributed by atoms with E-state index in [9.17, 15) is 8.42 Å². The molecule has 0 aromatic rings. The molecule has 23 heavy (non-hydrogen) atoms. The number of rotatable bonds is 18. The summed E-state index contributed by atoms with van der Waals surface area (Å²) in [6.07, 6.45) is 21.2. The Bertz CT molecular complexity index is 275. The molecule has 0 saturated heterocycles. The Kier molecular flexibility index (Phi) is 23.9. The van der Waals surface area contributed by atoms with Gasteiger partial charge in [-0.3, -0.25) is 4.18 Å². The minimum Gasteiger partial charge on any atom is -0.344 e. The molecular formula is C18H41NO3S. The van der Waals surface area contributed by atoms with Gasteiger partial charge in [-0.1, -0.05) is 103 Å². The van der Waals surface area contributed by atoms with E-state index >= 15 is 0 Å². The highest BCUT2D eigenvalue weighted by Gasteiger charge is 1.95. The van der Waals surface area contributed by atoms with E-state index in [1.165, 1.54) is 89.9 Å². The van der Waals surface area contributed by atoms with Crippen molar-refractivity contribution in [2.45, 2.75) is 110 Å². The van der Waals surface area contributed by atoms with Crippen molar-refractivity contribution >= 4 is 11.0 Å². The van der Waals surface area contributed by atoms with Crippen LogP contribution in [0.2, 0.25) is 0 Å². The molecule has 5 heteroatoms. The van der Waals surface area contributed by atoms with Crippen molar-refractivity contribution < 1.29 is 12.6 Å². The van der Waals surface area contributed by atoms with E-state index in [-0.39, 0.29) is 6.15 Å². The summed E-state index contributed by atoms with van der Waals surface area (Å²) >= 11 is 0. The summed E-state index contributed by atoms with van der Waals surface area (Å²) in [6, 6.07) is 0. The van der Waals surface area contributed by atoms with Crippen LogP contribution in [0.1, 0.15) is 110 Å². The third kappa shape index (κ3) is 24.2. The van der Waals surface area contributed by atoms with Gasteiger partial charge < -0.3 is 6.15 Å². The molecule has 0 aromatic heterocycles. The molecule has 4 nitrogen and oxygen atoms in total. The first-order valence-corrected chi connectivity index (χ1v) is 10.6. The second-order valence-electron chi connectivity index (χ2n) is 6.36. The van der Waals surface area contributed by atoms with Crippen molar-refractivity contribution in [3.05, 3.63) is 0 Å². The zero-order chi connectivity index (χ0) is 16.3. The maximum absolute atomic E-state index is 10.2. The van der Waals surface area contributed by atoms with Gasteiger partial charge in [0.05, 0.1) is 6.61 Å². The molecule has 0 radical (unpaired) electrons. The van der Waals surface area contributed by atoms with Crippen molar-refractivity contribution in [2.24, 2.45) is 0 Å². The number of hydrogen-bond acceptors (Lipinski definition) is 4. The van der Waals surface area contributed by atoms with Gasteiger partial charge in [-0.15, -0.1) is 0 Å². The van der Waals surface area contributed by atoms with Crippen LogP contribution >= 0.6 is 0 Å². The minimum atomic E-state index is -2.64. The Labute approximate surface area is 146 Å². The Morgan fingerprint density at radius 3 is 1.17 bits per heavy atom. The van der Waals surface area contributed by atoms with Gasteiger partial charge in [-0.25, -0.2) is 8.42 Å². The topological polar surface area (TPSA) is 78.4 Å². The Morgan fingerprint density at radius 2 is 0.870 bits per heavy atom. The molecule has 3 N–H and O–H groups in total. The van der Waals surface area contributed by atoms with Crippen molar-refractivity contribution in [1.82, 2.24) is 6.15 Å². The van der Waals surface area contributed by atoms with E-state index in [1.807, 2.05) is 0 Å². The standard InChI is InChI=1S/C18H38O3S.H3N/c1-2-3-4-5-6-7-8-9-10-11-12-13-14-15-16-17-18-21-22(19)20;/h22H,2-18H2,1H3;1H3. The molecule has 0 amide bonds. The first kappa shape index (κ1) is 25.1. The molecular weight excluding hydrogens is 310 g/mol. The van der Waals surface area contributed by atoms with Crippen LogP contribution < -0.4 is 6.15 Å². The van der Waals surface area contributed by atoms with Crippen molar-refractivity contribution in [3.63, 3.8) is 0 Å². The van der Waals surface area contributed by atoms with E-state index < -0.39 is 11.0 Å². The Morgan fingerprint density at radius 1 is 0.565 bits per heavy atom. The van der Waals surface area contributed by atoms with Crippen molar-refractivity contribution in [1.29, 1.82) is 0 Å². The van der Waals surface area contributed by atoms with Gasteiger partial charge >= 0.3 is 0 Å². The molecule has 0 heterocycles. The van der Waals surface area contributed by atoms with Crippen LogP contribution in [0.25, 0.3) is 0 Å². The first-order chi connectivity index (χ1) is 10.8. The van der Waals surface area contributed by atoms with Crippen LogP contribution in [-0.2, 0) is 15.2 Å². The molecule has 0 saturated carbocycles. The number of unbranched alkanes of at least 4 members (excludes halogenated alkanes) is 15. The SMILES string of the molecule is CCCCCCCCCCCCCCCCCCO[SH](=O)=O.N. The fourth-order valence-electron chi connectivity index (χ4n) is 2.79. The van der Waals surface area contributed by atoms with Gasteiger partial charge in [-0.2, -0.15) is 0 Å². The molecule has 0 rings (SSSR count). The second-order valence-corrected chi connectivity index (χ2v) is 7.07. The predicted octanol–water partition coefficient (Wildman–Crippen LogP) is 5.95. The highest BCUT2D eigenvalue weighted by atomic mass is 32.2. The number of hydrogen-bond donors (Lipinski definition) is 2. The lowest BCUT2D eigenvalue weighted by Gasteiger charge is -2.03. The van der Waals surface area contributed by atoms with Gasteiger partial charge in [0.25, 0.3) is 11.0 Å². The molecule has 0 aliphatic carbocycles. The molecule has 0 bridgehead atoms. The molecule has 0 atom stereocenters. The minimum absolute atomic E-state index is 0. The lowest BCUT2D eigenvalue weighted by atomic mass is 10.0. The predicted molar refractivity (Wildman–Crippen MR) is 101 cm³/mol. The lowest BCUT2D eigenvalue weighted by Crippen LogP contribution is -1.92. The van der Waals surface area contributed by atoms with Crippen molar-refractivity contribution in [3.8, 4) is 0 Å². The molecule has 0 fully saturated rings.